The van der Waals surface area contributed by atoms with Crippen molar-refractivity contribution in [2.24, 2.45) is 0 Å². The molecule has 5 nitrogen and oxygen atoms in total. The number of hydrogen-bond acceptors (Lipinski definition) is 4. The van der Waals surface area contributed by atoms with Crippen LogP contribution in [0.4, 0.5) is 11.4 Å². The lowest BCUT2D eigenvalue weighted by atomic mass is 10.1. The first-order valence-electron chi connectivity index (χ1n) is 5.67. The summed E-state index contributed by atoms with van der Waals surface area (Å²) in [6, 6.07) is 8.95. The number of carbonyl (C=O) groups excluding carboxylic acids is 1. The Balaban J connectivity index is 2.23. The lowest BCUT2D eigenvalue weighted by Crippen LogP contribution is -2.13. The molecule has 0 atom stereocenters. The van der Waals surface area contributed by atoms with Crippen molar-refractivity contribution in [3.8, 4) is 11.5 Å². The third-order valence-electron chi connectivity index (χ3n) is 2.75. The number of nitrogen functional groups attached to an aromatic ring is 1. The summed E-state index contributed by atoms with van der Waals surface area (Å²) in [5.74, 6) is -0.289. The van der Waals surface area contributed by atoms with Crippen molar-refractivity contribution >= 4 is 17.3 Å². The largest absolute Gasteiger partial charge is 0.508 e. The first kappa shape index (κ1) is 12.8. The van der Waals surface area contributed by atoms with Crippen LogP contribution < -0.4 is 11.1 Å². The molecule has 2 aromatic carbocycles. The molecular formula is C14H14N2O3. The Hall–Kier alpha value is -2.69. The maximum atomic E-state index is 12.0. The normalized spacial score (nSPS) is 10.2. The smallest absolute Gasteiger partial charge is 0.255 e. The van der Waals surface area contributed by atoms with Crippen LogP contribution in [0.2, 0.25) is 0 Å². The minimum absolute atomic E-state index is 0.0310. The van der Waals surface area contributed by atoms with Crippen LogP contribution in [0.25, 0.3) is 0 Å². The monoisotopic (exact) mass is 258 g/mol. The summed E-state index contributed by atoms with van der Waals surface area (Å²) in [5, 5.41) is 21.4. The Kier molecular flexibility index (Phi) is 3.29. The molecule has 0 aliphatic heterocycles. The van der Waals surface area contributed by atoms with Crippen molar-refractivity contribution in [1.29, 1.82) is 0 Å². The summed E-state index contributed by atoms with van der Waals surface area (Å²) in [5.41, 5.74) is 7.38. The van der Waals surface area contributed by atoms with Gasteiger partial charge < -0.3 is 21.3 Å². The zero-order valence-electron chi connectivity index (χ0n) is 10.3. The fourth-order valence-electron chi connectivity index (χ4n) is 1.61. The number of aromatic hydroxyl groups is 2. The number of aryl methyl sites for hydroxylation is 1. The molecule has 5 heteroatoms. The lowest BCUT2D eigenvalue weighted by molar-refractivity contribution is 0.102. The highest BCUT2D eigenvalue weighted by Crippen LogP contribution is 2.24. The van der Waals surface area contributed by atoms with Crippen LogP contribution in [0, 0.1) is 6.92 Å². The van der Waals surface area contributed by atoms with E-state index < -0.39 is 0 Å². The van der Waals surface area contributed by atoms with Gasteiger partial charge in [0.05, 0.1) is 11.4 Å². The molecule has 0 aliphatic rings. The van der Waals surface area contributed by atoms with E-state index in [0.717, 1.165) is 0 Å². The van der Waals surface area contributed by atoms with Gasteiger partial charge in [0.2, 0.25) is 0 Å². The van der Waals surface area contributed by atoms with Crippen molar-refractivity contribution in [1.82, 2.24) is 0 Å². The van der Waals surface area contributed by atoms with Crippen molar-refractivity contribution in [2.45, 2.75) is 6.92 Å². The summed E-state index contributed by atoms with van der Waals surface area (Å²) < 4.78 is 0. The van der Waals surface area contributed by atoms with Crippen LogP contribution in [0.3, 0.4) is 0 Å². The van der Waals surface area contributed by atoms with Gasteiger partial charge in [-0.3, -0.25) is 4.79 Å². The Morgan fingerprint density at radius 1 is 1.16 bits per heavy atom. The molecule has 0 saturated carbocycles. The summed E-state index contributed by atoms with van der Waals surface area (Å²) in [7, 11) is 0. The van der Waals surface area contributed by atoms with Crippen LogP contribution in [0.5, 0.6) is 11.5 Å². The van der Waals surface area contributed by atoms with Gasteiger partial charge in [-0.15, -0.1) is 0 Å². The van der Waals surface area contributed by atoms with Crippen molar-refractivity contribution in [3.63, 3.8) is 0 Å². The van der Waals surface area contributed by atoms with Crippen molar-refractivity contribution in [2.75, 3.05) is 11.1 Å². The maximum Gasteiger partial charge on any atom is 0.255 e. The molecule has 0 bridgehead atoms. The van der Waals surface area contributed by atoms with Crippen LogP contribution in [0.15, 0.2) is 36.4 Å². The average molecular weight is 258 g/mol. The van der Waals surface area contributed by atoms with Crippen LogP contribution in [0.1, 0.15) is 15.9 Å². The molecule has 19 heavy (non-hydrogen) atoms. The number of carbonyl (C=O) groups is 1. The number of benzene rings is 2. The van der Waals surface area contributed by atoms with Crippen LogP contribution in [-0.2, 0) is 0 Å². The van der Waals surface area contributed by atoms with Gasteiger partial charge >= 0.3 is 0 Å². The van der Waals surface area contributed by atoms with Crippen molar-refractivity contribution in [3.05, 3.63) is 47.5 Å². The third kappa shape index (κ3) is 2.77. The molecule has 0 aliphatic carbocycles. The quantitative estimate of drug-likeness (QED) is 0.490. The minimum Gasteiger partial charge on any atom is -0.508 e. The second-order valence-corrected chi connectivity index (χ2v) is 4.23. The van der Waals surface area contributed by atoms with Gasteiger partial charge in [-0.1, -0.05) is 6.07 Å². The van der Waals surface area contributed by atoms with Gasteiger partial charge in [0, 0.05) is 11.6 Å². The van der Waals surface area contributed by atoms with E-state index in [9.17, 15) is 15.0 Å². The molecule has 1 amide bonds. The van der Waals surface area contributed by atoms with E-state index in [0.29, 0.717) is 16.8 Å². The zero-order valence-corrected chi connectivity index (χ0v) is 10.3. The van der Waals surface area contributed by atoms with Gasteiger partial charge in [0.1, 0.15) is 11.5 Å². The Labute approximate surface area is 110 Å². The second kappa shape index (κ2) is 4.89. The van der Waals surface area contributed by atoms with Crippen LogP contribution in [-0.4, -0.2) is 16.1 Å². The SMILES string of the molecule is Cc1ccc(C(=O)Nc2ccc(O)cc2N)cc1O. The van der Waals surface area contributed by atoms with Gasteiger partial charge in [-0.05, 0) is 36.8 Å². The lowest BCUT2D eigenvalue weighted by Gasteiger charge is -2.09. The van der Waals surface area contributed by atoms with Gasteiger partial charge in [-0.2, -0.15) is 0 Å². The third-order valence-corrected chi connectivity index (χ3v) is 2.75. The van der Waals surface area contributed by atoms with E-state index in [1.54, 1.807) is 19.1 Å². The molecule has 0 spiro atoms. The molecular weight excluding hydrogens is 244 g/mol. The van der Waals surface area contributed by atoms with Crippen molar-refractivity contribution < 1.29 is 15.0 Å². The van der Waals surface area contributed by atoms with Gasteiger partial charge in [0.25, 0.3) is 5.91 Å². The Bertz CT molecular complexity index is 639. The zero-order chi connectivity index (χ0) is 14.0. The van der Waals surface area contributed by atoms with E-state index in [2.05, 4.69) is 5.32 Å². The first-order valence-corrected chi connectivity index (χ1v) is 5.67. The fraction of sp³-hybridized carbons (Fsp3) is 0.0714. The Morgan fingerprint density at radius 2 is 1.89 bits per heavy atom. The first-order chi connectivity index (χ1) is 8.97. The molecule has 2 aromatic rings. The van der Waals surface area contributed by atoms with Gasteiger partial charge in [0.15, 0.2) is 0 Å². The molecule has 0 radical (unpaired) electrons. The second-order valence-electron chi connectivity index (χ2n) is 4.23. The highest BCUT2D eigenvalue weighted by molar-refractivity contribution is 6.06. The average Bonchev–Trinajstić information content (AvgIpc) is 2.36. The topological polar surface area (TPSA) is 95.6 Å². The molecule has 98 valence electrons. The number of amides is 1. The molecule has 0 aromatic heterocycles. The number of hydrogen-bond donors (Lipinski definition) is 4. The molecule has 2 rings (SSSR count). The van der Waals surface area contributed by atoms with E-state index in [-0.39, 0.29) is 23.1 Å². The minimum atomic E-state index is -0.382. The number of phenols is 2. The highest BCUT2D eigenvalue weighted by atomic mass is 16.3. The van der Waals surface area contributed by atoms with E-state index in [4.69, 9.17) is 5.73 Å². The fourth-order valence-corrected chi connectivity index (χ4v) is 1.61. The summed E-state index contributed by atoms with van der Waals surface area (Å²) >= 11 is 0. The predicted molar refractivity (Wildman–Crippen MR) is 73.3 cm³/mol. The number of nitrogens with two attached hydrogens (primary N) is 1. The summed E-state index contributed by atoms with van der Waals surface area (Å²) in [4.78, 5) is 12.0. The molecule has 0 unspecified atom stereocenters. The van der Waals surface area contributed by atoms with E-state index >= 15 is 0 Å². The number of anilines is 2. The molecule has 0 saturated heterocycles. The number of nitrogens with one attached hydrogen (secondary N) is 1. The standard InChI is InChI=1S/C14H14N2O3/c1-8-2-3-9(6-13(8)18)14(19)16-12-5-4-10(17)7-11(12)15/h2-7,17-18H,15H2,1H3,(H,16,19). The Morgan fingerprint density at radius 3 is 2.53 bits per heavy atom. The summed E-state index contributed by atoms with van der Waals surface area (Å²) in [6.45, 7) is 1.75. The predicted octanol–water partition coefficient (Wildman–Crippen LogP) is 2.24. The highest BCUT2D eigenvalue weighted by Gasteiger charge is 2.10. The van der Waals surface area contributed by atoms with E-state index in [1.165, 1.54) is 24.3 Å². The molecule has 0 fully saturated rings. The van der Waals surface area contributed by atoms with Gasteiger partial charge in [-0.25, -0.2) is 0 Å². The summed E-state index contributed by atoms with van der Waals surface area (Å²) in [6.07, 6.45) is 0. The number of rotatable bonds is 2. The van der Waals surface area contributed by atoms with Crippen LogP contribution >= 0.6 is 0 Å². The molecule has 0 heterocycles. The number of phenolic OH excluding ortho intramolecular Hbond substituents is 2. The molecule has 5 N–H and O–H groups in total. The van der Waals surface area contributed by atoms with E-state index in [1.807, 2.05) is 0 Å². The maximum absolute atomic E-state index is 12.0.